The SMILES string of the molecule is O=c1/c(=C\c2ccncc2)sc2n1[C@@H](c1ccc(F)cc1)C1=C(N=2)c2ccccc2CC1. The third kappa shape index (κ3) is 3.07. The van der Waals surface area contributed by atoms with Crippen molar-refractivity contribution >= 4 is 23.1 Å². The maximum atomic E-state index is 13.7. The topological polar surface area (TPSA) is 47.2 Å². The van der Waals surface area contributed by atoms with Gasteiger partial charge in [0.2, 0.25) is 0 Å². The lowest BCUT2D eigenvalue weighted by molar-refractivity contribution is 0.581. The zero-order chi connectivity index (χ0) is 21.7. The van der Waals surface area contributed by atoms with E-state index in [1.807, 2.05) is 30.3 Å². The molecule has 32 heavy (non-hydrogen) atoms. The summed E-state index contributed by atoms with van der Waals surface area (Å²) in [6.45, 7) is 0. The van der Waals surface area contributed by atoms with Gasteiger partial charge in [-0.05, 0) is 65.4 Å². The second-order valence-electron chi connectivity index (χ2n) is 7.95. The molecule has 4 nitrogen and oxygen atoms in total. The Bertz CT molecular complexity index is 1550. The van der Waals surface area contributed by atoms with Gasteiger partial charge in [0.1, 0.15) is 5.82 Å². The van der Waals surface area contributed by atoms with Crippen molar-refractivity contribution in [3.05, 3.63) is 126 Å². The monoisotopic (exact) mass is 439 g/mol. The fourth-order valence-electron chi connectivity index (χ4n) is 4.58. The van der Waals surface area contributed by atoms with Crippen molar-refractivity contribution in [2.75, 3.05) is 0 Å². The van der Waals surface area contributed by atoms with Gasteiger partial charge < -0.3 is 0 Å². The summed E-state index contributed by atoms with van der Waals surface area (Å²) >= 11 is 1.39. The summed E-state index contributed by atoms with van der Waals surface area (Å²) in [6.07, 6.45) is 7.00. The van der Waals surface area contributed by atoms with E-state index in [2.05, 4.69) is 17.1 Å². The zero-order valence-electron chi connectivity index (χ0n) is 17.0. The Labute approximate surface area is 187 Å². The minimum absolute atomic E-state index is 0.0784. The van der Waals surface area contributed by atoms with Crippen LogP contribution in [0, 0.1) is 5.82 Å². The third-order valence-electron chi connectivity index (χ3n) is 6.06. The molecule has 4 aromatic rings. The van der Waals surface area contributed by atoms with Gasteiger partial charge in [0, 0.05) is 18.0 Å². The first-order chi connectivity index (χ1) is 15.7. The van der Waals surface area contributed by atoms with Crippen LogP contribution in [-0.4, -0.2) is 9.55 Å². The molecule has 0 saturated carbocycles. The van der Waals surface area contributed by atoms with E-state index in [-0.39, 0.29) is 17.4 Å². The molecule has 0 saturated heterocycles. The third-order valence-corrected chi connectivity index (χ3v) is 7.05. The maximum Gasteiger partial charge on any atom is 0.271 e. The minimum Gasteiger partial charge on any atom is -0.272 e. The molecule has 2 aromatic heterocycles. The van der Waals surface area contributed by atoms with Gasteiger partial charge in [0.25, 0.3) is 5.56 Å². The number of fused-ring (bicyclic) bond motifs is 3. The Hall–Kier alpha value is -3.64. The number of halogens is 1. The van der Waals surface area contributed by atoms with E-state index in [0.29, 0.717) is 9.33 Å². The molecule has 0 amide bonds. The highest BCUT2D eigenvalue weighted by atomic mass is 32.1. The minimum atomic E-state index is -0.296. The standard InChI is InChI=1S/C26H18FN3OS/c27-19-8-5-18(6-9-19)24-21-10-7-17-3-1-2-4-20(17)23(21)29-26-30(24)25(31)22(32-26)15-16-11-13-28-14-12-16/h1-6,8-9,11-15,24H,7,10H2/b22-15+/t24-/m0/s1. The Morgan fingerprint density at radius 1 is 1.00 bits per heavy atom. The summed E-state index contributed by atoms with van der Waals surface area (Å²) in [6, 6.07) is 18.2. The molecule has 0 unspecified atom stereocenters. The van der Waals surface area contributed by atoms with Crippen LogP contribution >= 0.6 is 11.3 Å². The van der Waals surface area contributed by atoms with Crippen molar-refractivity contribution in [3.63, 3.8) is 0 Å². The van der Waals surface area contributed by atoms with Crippen molar-refractivity contribution in [2.45, 2.75) is 18.9 Å². The normalized spacial score (nSPS) is 17.4. The maximum absolute atomic E-state index is 13.7. The number of aryl methyl sites for hydroxylation is 1. The summed E-state index contributed by atoms with van der Waals surface area (Å²) in [7, 11) is 0. The molecule has 1 aliphatic carbocycles. The van der Waals surface area contributed by atoms with E-state index in [1.165, 1.54) is 29.0 Å². The van der Waals surface area contributed by atoms with Gasteiger partial charge in [0.15, 0.2) is 4.80 Å². The molecular weight excluding hydrogens is 421 g/mol. The molecule has 0 spiro atoms. The molecule has 1 atom stereocenters. The first-order valence-electron chi connectivity index (χ1n) is 10.5. The largest absolute Gasteiger partial charge is 0.272 e. The first-order valence-corrected chi connectivity index (χ1v) is 11.3. The molecule has 0 bridgehead atoms. The van der Waals surface area contributed by atoms with E-state index in [0.717, 1.165) is 40.8 Å². The molecule has 6 heteroatoms. The number of nitrogens with zero attached hydrogens (tertiary/aromatic N) is 3. The van der Waals surface area contributed by atoms with Crippen LogP contribution in [0.4, 0.5) is 4.39 Å². The molecule has 6 rings (SSSR count). The van der Waals surface area contributed by atoms with Crippen molar-refractivity contribution in [3.8, 4) is 0 Å². The van der Waals surface area contributed by atoms with Gasteiger partial charge in [-0.2, -0.15) is 0 Å². The number of allylic oxidation sites excluding steroid dienone is 1. The van der Waals surface area contributed by atoms with Crippen LogP contribution in [0.15, 0.2) is 88.4 Å². The number of rotatable bonds is 2. The van der Waals surface area contributed by atoms with Crippen LogP contribution in [0.5, 0.6) is 0 Å². The Kier molecular flexibility index (Phi) is 4.47. The van der Waals surface area contributed by atoms with Crippen LogP contribution in [0.2, 0.25) is 0 Å². The number of aromatic nitrogens is 2. The molecule has 2 aromatic carbocycles. The number of pyridine rings is 1. The van der Waals surface area contributed by atoms with Crippen LogP contribution < -0.4 is 14.9 Å². The second kappa shape index (κ2) is 7.50. The Balaban J connectivity index is 1.64. The van der Waals surface area contributed by atoms with Crippen LogP contribution in [-0.2, 0) is 6.42 Å². The van der Waals surface area contributed by atoms with Crippen molar-refractivity contribution < 1.29 is 4.39 Å². The summed E-state index contributed by atoms with van der Waals surface area (Å²) in [5.41, 5.74) is 6.17. The van der Waals surface area contributed by atoms with Crippen LogP contribution in [0.3, 0.4) is 0 Å². The summed E-state index contributed by atoms with van der Waals surface area (Å²) in [5.74, 6) is -0.290. The van der Waals surface area contributed by atoms with E-state index in [4.69, 9.17) is 4.99 Å². The van der Waals surface area contributed by atoms with Gasteiger partial charge in [-0.25, -0.2) is 9.38 Å². The Morgan fingerprint density at radius 2 is 1.78 bits per heavy atom. The van der Waals surface area contributed by atoms with Gasteiger partial charge in [0.05, 0.1) is 16.3 Å². The Morgan fingerprint density at radius 3 is 2.59 bits per heavy atom. The van der Waals surface area contributed by atoms with Gasteiger partial charge >= 0.3 is 0 Å². The lowest BCUT2D eigenvalue weighted by Crippen LogP contribution is -2.38. The highest BCUT2D eigenvalue weighted by molar-refractivity contribution is 7.07. The van der Waals surface area contributed by atoms with Crippen molar-refractivity contribution in [1.82, 2.24) is 9.55 Å². The average molecular weight is 440 g/mol. The molecular formula is C26H18FN3OS. The predicted molar refractivity (Wildman–Crippen MR) is 123 cm³/mol. The van der Waals surface area contributed by atoms with Crippen LogP contribution in [0.1, 0.15) is 34.7 Å². The quantitative estimate of drug-likeness (QED) is 0.476. The molecule has 0 fully saturated rings. The molecule has 156 valence electrons. The van der Waals surface area contributed by atoms with Gasteiger partial charge in [-0.15, -0.1) is 0 Å². The first kappa shape index (κ1) is 19.1. The molecule has 1 aliphatic heterocycles. The highest BCUT2D eigenvalue weighted by Crippen LogP contribution is 2.41. The highest BCUT2D eigenvalue weighted by Gasteiger charge is 2.32. The van der Waals surface area contributed by atoms with E-state index >= 15 is 0 Å². The smallest absolute Gasteiger partial charge is 0.271 e. The molecule has 0 radical (unpaired) electrons. The van der Waals surface area contributed by atoms with Gasteiger partial charge in [-0.3, -0.25) is 14.3 Å². The molecule has 3 heterocycles. The van der Waals surface area contributed by atoms with E-state index < -0.39 is 0 Å². The number of benzene rings is 2. The fourth-order valence-corrected chi connectivity index (χ4v) is 5.58. The van der Waals surface area contributed by atoms with E-state index in [1.54, 1.807) is 29.1 Å². The lowest BCUT2D eigenvalue weighted by Gasteiger charge is -2.30. The summed E-state index contributed by atoms with van der Waals surface area (Å²) in [5, 5.41) is 0. The number of thiazole rings is 1. The molecule has 0 N–H and O–H groups in total. The summed E-state index contributed by atoms with van der Waals surface area (Å²) < 4.78 is 16.1. The van der Waals surface area contributed by atoms with Crippen molar-refractivity contribution in [1.29, 1.82) is 0 Å². The van der Waals surface area contributed by atoms with Gasteiger partial charge in [-0.1, -0.05) is 47.7 Å². The number of hydrogen-bond acceptors (Lipinski definition) is 4. The average Bonchev–Trinajstić information content (AvgIpc) is 3.13. The van der Waals surface area contributed by atoms with E-state index in [9.17, 15) is 9.18 Å². The van der Waals surface area contributed by atoms with Crippen molar-refractivity contribution in [2.24, 2.45) is 4.99 Å². The second-order valence-corrected chi connectivity index (χ2v) is 8.95. The lowest BCUT2D eigenvalue weighted by atomic mass is 9.83. The predicted octanol–water partition coefficient (Wildman–Crippen LogP) is 3.85. The summed E-state index contributed by atoms with van der Waals surface area (Å²) in [4.78, 5) is 23.3. The number of hydrogen-bond donors (Lipinski definition) is 0. The zero-order valence-corrected chi connectivity index (χ0v) is 17.8. The fraction of sp³-hybridized carbons (Fsp3) is 0.115. The molecule has 2 aliphatic rings. The van der Waals surface area contributed by atoms with Crippen LogP contribution in [0.25, 0.3) is 11.8 Å².